The average molecular weight is 367 g/mol. The number of rotatable bonds is 6. The van der Waals surface area contributed by atoms with Crippen LogP contribution >= 0.6 is 0 Å². The fourth-order valence-electron chi connectivity index (χ4n) is 3.43. The number of halogens is 1. The number of benzene rings is 1. The lowest BCUT2D eigenvalue weighted by Crippen LogP contribution is -2.43. The molecule has 0 saturated carbocycles. The first-order valence-corrected chi connectivity index (χ1v) is 9.19. The van der Waals surface area contributed by atoms with Crippen LogP contribution in [0.2, 0.25) is 0 Å². The van der Waals surface area contributed by atoms with Crippen LogP contribution in [0.15, 0.2) is 42.6 Å². The van der Waals surface area contributed by atoms with Crippen molar-refractivity contribution in [3.63, 3.8) is 0 Å². The smallest absolute Gasteiger partial charge is 0.140 e. The van der Waals surface area contributed by atoms with E-state index >= 15 is 0 Å². The van der Waals surface area contributed by atoms with Gasteiger partial charge in [-0.25, -0.2) is 9.37 Å². The van der Waals surface area contributed by atoms with Gasteiger partial charge in [-0.15, -0.1) is 0 Å². The summed E-state index contributed by atoms with van der Waals surface area (Å²) in [5, 5.41) is 0.740. The van der Waals surface area contributed by atoms with Crippen molar-refractivity contribution in [3.8, 4) is 17.0 Å². The summed E-state index contributed by atoms with van der Waals surface area (Å²) in [6, 6.07) is 10.2. The van der Waals surface area contributed by atoms with Crippen LogP contribution < -0.4 is 10.5 Å². The zero-order chi connectivity index (χ0) is 19.6. The van der Waals surface area contributed by atoms with Gasteiger partial charge in [0.15, 0.2) is 0 Å². The van der Waals surface area contributed by atoms with Crippen molar-refractivity contribution in [1.29, 1.82) is 0 Å². The lowest BCUT2D eigenvalue weighted by Gasteiger charge is -2.27. The van der Waals surface area contributed by atoms with E-state index in [0.29, 0.717) is 18.3 Å². The van der Waals surface area contributed by atoms with Crippen molar-refractivity contribution in [2.75, 3.05) is 6.61 Å². The molecule has 2 N–H and O–H groups in total. The third kappa shape index (κ3) is 4.61. The highest BCUT2D eigenvalue weighted by molar-refractivity contribution is 5.93. The van der Waals surface area contributed by atoms with Crippen molar-refractivity contribution < 1.29 is 9.13 Å². The third-order valence-electron chi connectivity index (χ3n) is 4.45. The fourth-order valence-corrected chi connectivity index (χ4v) is 3.43. The van der Waals surface area contributed by atoms with Crippen molar-refractivity contribution in [2.24, 2.45) is 11.7 Å². The number of hydrogen-bond donors (Lipinski definition) is 1. The predicted octanol–water partition coefficient (Wildman–Crippen LogP) is 4.89. The van der Waals surface area contributed by atoms with E-state index in [9.17, 15) is 4.39 Å². The van der Waals surface area contributed by atoms with E-state index in [0.717, 1.165) is 34.3 Å². The Morgan fingerprint density at radius 3 is 2.67 bits per heavy atom. The van der Waals surface area contributed by atoms with Crippen LogP contribution in [-0.4, -0.2) is 22.1 Å². The summed E-state index contributed by atoms with van der Waals surface area (Å²) in [4.78, 5) is 8.96. The highest BCUT2D eigenvalue weighted by atomic mass is 19.1. The van der Waals surface area contributed by atoms with Crippen molar-refractivity contribution in [2.45, 2.75) is 39.7 Å². The Balaban J connectivity index is 1.87. The molecule has 0 radical (unpaired) electrons. The Morgan fingerprint density at radius 1 is 1.19 bits per heavy atom. The van der Waals surface area contributed by atoms with Crippen LogP contribution in [0.3, 0.4) is 0 Å². The Kier molecular flexibility index (Phi) is 5.42. The summed E-state index contributed by atoms with van der Waals surface area (Å²) >= 11 is 0. The number of aryl methyl sites for hydroxylation is 1. The maximum Gasteiger partial charge on any atom is 0.140 e. The molecule has 0 amide bonds. The molecule has 27 heavy (non-hydrogen) atoms. The first-order chi connectivity index (χ1) is 12.7. The largest absolute Gasteiger partial charge is 0.490 e. The van der Waals surface area contributed by atoms with Gasteiger partial charge in [0.25, 0.3) is 0 Å². The molecule has 0 bridgehead atoms. The van der Waals surface area contributed by atoms with Gasteiger partial charge in [0, 0.05) is 22.7 Å². The van der Waals surface area contributed by atoms with Crippen molar-refractivity contribution in [3.05, 3.63) is 54.1 Å². The topological polar surface area (TPSA) is 61.0 Å². The van der Waals surface area contributed by atoms with E-state index in [1.807, 2.05) is 32.0 Å². The summed E-state index contributed by atoms with van der Waals surface area (Å²) in [6.45, 7) is 8.63. The summed E-state index contributed by atoms with van der Waals surface area (Å²) in [6.07, 6.45) is 2.59. The maximum atomic E-state index is 13.7. The van der Waals surface area contributed by atoms with Crippen molar-refractivity contribution in [1.82, 2.24) is 9.97 Å². The molecule has 0 saturated heterocycles. The zero-order valence-electron chi connectivity index (χ0n) is 16.3. The molecule has 2 heterocycles. The van der Waals surface area contributed by atoms with E-state index in [4.69, 9.17) is 10.5 Å². The molecule has 1 aromatic carbocycles. The van der Waals surface area contributed by atoms with Gasteiger partial charge in [-0.3, -0.25) is 4.98 Å². The lowest BCUT2D eigenvalue weighted by molar-refractivity contribution is 0.205. The van der Waals surface area contributed by atoms with Gasteiger partial charge in [-0.2, -0.15) is 0 Å². The second-order valence-corrected chi connectivity index (χ2v) is 7.84. The van der Waals surface area contributed by atoms with Gasteiger partial charge in [0.1, 0.15) is 18.2 Å². The first kappa shape index (κ1) is 19.2. The minimum atomic E-state index is -0.391. The molecule has 1 unspecified atom stereocenters. The molecule has 2 aromatic heterocycles. The second kappa shape index (κ2) is 7.61. The predicted molar refractivity (Wildman–Crippen MR) is 107 cm³/mol. The fraction of sp³-hybridized carbons (Fsp3) is 0.364. The van der Waals surface area contributed by atoms with Gasteiger partial charge in [0.05, 0.1) is 16.9 Å². The van der Waals surface area contributed by atoms with E-state index in [2.05, 4.69) is 23.8 Å². The van der Waals surface area contributed by atoms with Crippen LogP contribution in [0.1, 0.15) is 32.9 Å². The van der Waals surface area contributed by atoms with Gasteiger partial charge < -0.3 is 10.5 Å². The standard InChI is InChI=1S/C22H26FN3O/c1-14(2)12-22(4,24)13-27-21-8-7-20(26-15(21)3)17-9-10-25-19-6-5-16(23)11-18(17)19/h5-11,14H,12-13,24H2,1-4H3. The number of hydrogen-bond acceptors (Lipinski definition) is 4. The number of ether oxygens (including phenoxy) is 1. The number of pyridine rings is 2. The normalized spacial score (nSPS) is 13.7. The second-order valence-electron chi connectivity index (χ2n) is 7.84. The summed E-state index contributed by atoms with van der Waals surface area (Å²) in [5.41, 5.74) is 9.05. The zero-order valence-corrected chi connectivity index (χ0v) is 16.3. The number of fused-ring (bicyclic) bond motifs is 1. The minimum absolute atomic E-state index is 0.291. The van der Waals surface area contributed by atoms with Gasteiger partial charge in [0.2, 0.25) is 0 Å². The SMILES string of the molecule is Cc1nc(-c2ccnc3ccc(F)cc23)ccc1OCC(C)(N)CC(C)C. The summed E-state index contributed by atoms with van der Waals surface area (Å²) < 4.78 is 19.6. The molecular weight excluding hydrogens is 341 g/mol. The average Bonchev–Trinajstić information content (AvgIpc) is 2.59. The quantitative estimate of drug-likeness (QED) is 0.674. The molecule has 1 atom stereocenters. The molecule has 0 aliphatic rings. The molecule has 4 nitrogen and oxygen atoms in total. The minimum Gasteiger partial charge on any atom is -0.490 e. The van der Waals surface area contributed by atoms with E-state index < -0.39 is 5.54 Å². The van der Waals surface area contributed by atoms with Crippen LogP contribution in [0, 0.1) is 18.7 Å². The van der Waals surface area contributed by atoms with Crippen LogP contribution in [0.5, 0.6) is 5.75 Å². The molecule has 0 aliphatic heterocycles. The van der Waals surface area contributed by atoms with E-state index in [1.165, 1.54) is 12.1 Å². The van der Waals surface area contributed by atoms with Crippen molar-refractivity contribution >= 4 is 10.9 Å². The first-order valence-electron chi connectivity index (χ1n) is 9.19. The Labute approximate surface area is 159 Å². The number of nitrogens with zero attached hydrogens (tertiary/aromatic N) is 2. The van der Waals surface area contributed by atoms with Gasteiger partial charge in [-0.05, 0) is 62.6 Å². The monoisotopic (exact) mass is 367 g/mol. The number of aromatic nitrogens is 2. The Hall–Kier alpha value is -2.53. The molecule has 0 aliphatic carbocycles. The molecule has 142 valence electrons. The Morgan fingerprint density at radius 2 is 1.96 bits per heavy atom. The summed E-state index contributed by atoms with van der Waals surface area (Å²) in [5.74, 6) is 0.926. The lowest BCUT2D eigenvalue weighted by atomic mass is 9.93. The van der Waals surface area contributed by atoms with Crippen LogP contribution in [-0.2, 0) is 0 Å². The number of nitrogens with two attached hydrogens (primary N) is 1. The molecule has 3 rings (SSSR count). The highest BCUT2D eigenvalue weighted by Crippen LogP contribution is 2.29. The molecule has 0 spiro atoms. The summed E-state index contributed by atoms with van der Waals surface area (Å²) in [7, 11) is 0. The molecule has 0 fully saturated rings. The molecule has 5 heteroatoms. The van der Waals surface area contributed by atoms with Gasteiger partial charge >= 0.3 is 0 Å². The molecule has 3 aromatic rings. The van der Waals surface area contributed by atoms with E-state index in [-0.39, 0.29) is 5.82 Å². The Bertz CT molecular complexity index is 953. The highest BCUT2D eigenvalue weighted by Gasteiger charge is 2.21. The van der Waals surface area contributed by atoms with E-state index in [1.54, 1.807) is 12.3 Å². The van der Waals surface area contributed by atoms with Crippen LogP contribution in [0.4, 0.5) is 4.39 Å². The molecular formula is C22H26FN3O. The van der Waals surface area contributed by atoms with Gasteiger partial charge in [-0.1, -0.05) is 13.8 Å². The van der Waals surface area contributed by atoms with Crippen LogP contribution in [0.25, 0.3) is 22.2 Å². The third-order valence-corrected chi connectivity index (χ3v) is 4.45. The maximum absolute atomic E-state index is 13.7.